The molecule has 3 aliphatic carbocycles. The second-order valence-corrected chi connectivity index (χ2v) is 7.51. The quantitative estimate of drug-likeness (QED) is 0.723. The van der Waals surface area contributed by atoms with E-state index in [1.54, 1.807) is 6.92 Å². The van der Waals surface area contributed by atoms with Crippen LogP contribution < -0.4 is 0 Å². The Morgan fingerprint density at radius 2 is 1.89 bits per heavy atom. The van der Waals surface area contributed by atoms with Crippen molar-refractivity contribution in [2.45, 2.75) is 59.3 Å². The van der Waals surface area contributed by atoms with E-state index in [0.29, 0.717) is 29.3 Å². The molecule has 0 aliphatic heterocycles. The summed E-state index contributed by atoms with van der Waals surface area (Å²) >= 11 is 0. The first-order valence-corrected chi connectivity index (χ1v) is 7.98. The minimum absolute atomic E-state index is 0.229. The van der Waals surface area contributed by atoms with Crippen molar-refractivity contribution < 1.29 is 9.59 Å². The number of carbonyl (C=O) groups excluding carboxylic acids is 2. The van der Waals surface area contributed by atoms with E-state index >= 15 is 0 Å². The Hall–Kier alpha value is -0.660. The minimum atomic E-state index is 0.229. The third-order valence-corrected chi connectivity index (χ3v) is 6.86. The van der Waals surface area contributed by atoms with E-state index in [1.165, 1.54) is 6.42 Å². The molecule has 3 saturated carbocycles. The molecule has 0 saturated heterocycles. The van der Waals surface area contributed by atoms with E-state index in [4.69, 9.17) is 0 Å². The molecular formula is C17H26O2. The van der Waals surface area contributed by atoms with Gasteiger partial charge in [0.2, 0.25) is 0 Å². The molecule has 0 radical (unpaired) electrons. The van der Waals surface area contributed by atoms with Crippen LogP contribution in [0.2, 0.25) is 0 Å². The van der Waals surface area contributed by atoms with E-state index < -0.39 is 0 Å². The lowest BCUT2D eigenvalue weighted by atomic mass is 9.53. The highest BCUT2D eigenvalue weighted by atomic mass is 16.1. The number of fused-ring (bicyclic) bond motifs is 3. The largest absolute Gasteiger partial charge is 0.300 e. The molecule has 0 aromatic rings. The van der Waals surface area contributed by atoms with Gasteiger partial charge in [0, 0.05) is 18.3 Å². The van der Waals surface area contributed by atoms with E-state index in [9.17, 15) is 9.59 Å². The Kier molecular flexibility index (Phi) is 3.11. The van der Waals surface area contributed by atoms with E-state index in [-0.39, 0.29) is 17.3 Å². The van der Waals surface area contributed by atoms with Crippen molar-refractivity contribution in [1.29, 1.82) is 0 Å². The summed E-state index contributed by atoms with van der Waals surface area (Å²) in [6.07, 6.45) is 6.47. The molecule has 0 unspecified atom stereocenters. The van der Waals surface area contributed by atoms with Gasteiger partial charge in [-0.1, -0.05) is 13.8 Å². The standard InChI is InChI=1S/C17H26O2/c1-10-12-8-9-17(3)14(11(2)18)5-6-15(17)13(12)4-7-16(10)19/h10,12-15H,4-9H2,1-3H3/t10-,12-,13+,14+,15+,17-/m0/s1. The van der Waals surface area contributed by atoms with Gasteiger partial charge in [-0.15, -0.1) is 0 Å². The summed E-state index contributed by atoms with van der Waals surface area (Å²) in [4.78, 5) is 23.9. The molecule has 0 N–H and O–H groups in total. The van der Waals surface area contributed by atoms with E-state index in [1.807, 2.05) is 0 Å². The predicted octanol–water partition coefficient (Wildman–Crippen LogP) is 3.63. The normalized spacial score (nSPS) is 49.6. The van der Waals surface area contributed by atoms with Crippen LogP contribution in [0.3, 0.4) is 0 Å². The number of Topliss-reactive ketones (excluding diaryl/α,β-unsaturated/α-hetero) is 2. The Bertz CT molecular complexity index is 413. The van der Waals surface area contributed by atoms with Gasteiger partial charge in [-0.2, -0.15) is 0 Å². The molecule has 0 spiro atoms. The molecule has 0 amide bonds. The molecule has 0 bridgehead atoms. The second-order valence-electron chi connectivity index (χ2n) is 7.51. The first-order chi connectivity index (χ1) is 8.95. The van der Waals surface area contributed by atoms with Gasteiger partial charge in [-0.25, -0.2) is 0 Å². The maximum Gasteiger partial charge on any atom is 0.135 e. The van der Waals surface area contributed by atoms with Crippen molar-refractivity contribution in [2.24, 2.45) is 35.0 Å². The molecular weight excluding hydrogens is 236 g/mol. The third kappa shape index (κ3) is 1.82. The summed E-state index contributed by atoms with van der Waals surface area (Å²) in [6.45, 7) is 6.27. The van der Waals surface area contributed by atoms with Gasteiger partial charge < -0.3 is 0 Å². The third-order valence-electron chi connectivity index (χ3n) is 6.86. The van der Waals surface area contributed by atoms with Crippen molar-refractivity contribution in [2.75, 3.05) is 0 Å². The highest BCUT2D eigenvalue weighted by Gasteiger charge is 2.56. The first kappa shape index (κ1) is 13.3. The molecule has 0 heterocycles. The van der Waals surface area contributed by atoms with Gasteiger partial charge in [0.1, 0.15) is 11.6 Å². The van der Waals surface area contributed by atoms with E-state index in [0.717, 1.165) is 32.1 Å². The molecule has 0 aromatic heterocycles. The molecule has 3 fully saturated rings. The zero-order valence-electron chi connectivity index (χ0n) is 12.4. The average molecular weight is 262 g/mol. The Morgan fingerprint density at radius 3 is 2.58 bits per heavy atom. The Balaban J connectivity index is 1.88. The smallest absolute Gasteiger partial charge is 0.135 e. The fourth-order valence-corrected chi connectivity index (χ4v) is 5.80. The summed E-state index contributed by atoms with van der Waals surface area (Å²) < 4.78 is 0. The molecule has 2 heteroatoms. The second kappa shape index (κ2) is 4.43. The van der Waals surface area contributed by atoms with Crippen molar-refractivity contribution in [3.8, 4) is 0 Å². The zero-order valence-corrected chi connectivity index (χ0v) is 12.4. The molecule has 6 atom stereocenters. The van der Waals surface area contributed by atoms with Crippen LogP contribution in [0.4, 0.5) is 0 Å². The summed E-state index contributed by atoms with van der Waals surface area (Å²) in [7, 11) is 0. The maximum absolute atomic E-state index is 11.9. The lowest BCUT2D eigenvalue weighted by molar-refractivity contribution is -0.135. The minimum Gasteiger partial charge on any atom is -0.300 e. The highest BCUT2D eigenvalue weighted by molar-refractivity contribution is 5.82. The van der Waals surface area contributed by atoms with Crippen LogP contribution in [0.1, 0.15) is 59.3 Å². The number of hydrogen-bond donors (Lipinski definition) is 0. The maximum atomic E-state index is 11.9. The summed E-state index contributed by atoms with van der Waals surface area (Å²) in [5, 5.41) is 0. The van der Waals surface area contributed by atoms with Crippen LogP contribution in [0.5, 0.6) is 0 Å². The topological polar surface area (TPSA) is 34.1 Å². The van der Waals surface area contributed by atoms with Crippen molar-refractivity contribution in [1.82, 2.24) is 0 Å². The van der Waals surface area contributed by atoms with Crippen molar-refractivity contribution in [3.05, 3.63) is 0 Å². The van der Waals surface area contributed by atoms with Crippen LogP contribution in [0.25, 0.3) is 0 Å². The monoisotopic (exact) mass is 262 g/mol. The SMILES string of the molecule is CC(=O)[C@H]1CC[C@@H]2[C@@H]3CCC(=O)[C@@H](C)[C@@H]3CC[C@@]12C. The predicted molar refractivity (Wildman–Crippen MR) is 74.6 cm³/mol. The summed E-state index contributed by atoms with van der Waals surface area (Å²) in [6, 6.07) is 0. The van der Waals surface area contributed by atoms with Crippen LogP contribution in [0.15, 0.2) is 0 Å². The van der Waals surface area contributed by atoms with Gasteiger partial charge in [0.25, 0.3) is 0 Å². The number of hydrogen-bond acceptors (Lipinski definition) is 2. The van der Waals surface area contributed by atoms with Gasteiger partial charge in [0.15, 0.2) is 0 Å². The molecule has 19 heavy (non-hydrogen) atoms. The Morgan fingerprint density at radius 1 is 1.16 bits per heavy atom. The van der Waals surface area contributed by atoms with Gasteiger partial charge in [0.05, 0.1) is 0 Å². The summed E-state index contributed by atoms with van der Waals surface area (Å²) in [5.74, 6) is 3.41. The van der Waals surface area contributed by atoms with Gasteiger partial charge in [-0.05, 0) is 62.2 Å². The van der Waals surface area contributed by atoms with Gasteiger partial charge >= 0.3 is 0 Å². The fraction of sp³-hybridized carbons (Fsp3) is 0.882. The molecule has 2 nitrogen and oxygen atoms in total. The lowest BCUT2D eigenvalue weighted by Gasteiger charge is -2.51. The molecule has 0 aromatic carbocycles. The van der Waals surface area contributed by atoms with E-state index in [2.05, 4.69) is 13.8 Å². The number of rotatable bonds is 1. The summed E-state index contributed by atoms with van der Waals surface area (Å²) in [5.41, 5.74) is 0.229. The number of carbonyl (C=O) groups is 2. The van der Waals surface area contributed by atoms with Crippen LogP contribution >= 0.6 is 0 Å². The van der Waals surface area contributed by atoms with Gasteiger partial charge in [-0.3, -0.25) is 9.59 Å². The van der Waals surface area contributed by atoms with Crippen LogP contribution in [0, 0.1) is 35.0 Å². The highest BCUT2D eigenvalue weighted by Crippen LogP contribution is 2.62. The molecule has 3 aliphatic rings. The lowest BCUT2D eigenvalue weighted by Crippen LogP contribution is -2.47. The fourth-order valence-electron chi connectivity index (χ4n) is 5.80. The average Bonchev–Trinajstić information content (AvgIpc) is 2.71. The molecule has 106 valence electrons. The first-order valence-electron chi connectivity index (χ1n) is 7.98. The van der Waals surface area contributed by atoms with Crippen molar-refractivity contribution in [3.63, 3.8) is 0 Å². The van der Waals surface area contributed by atoms with Crippen LogP contribution in [-0.4, -0.2) is 11.6 Å². The van der Waals surface area contributed by atoms with Crippen molar-refractivity contribution >= 4 is 11.6 Å². The zero-order chi connectivity index (χ0) is 13.8. The van der Waals surface area contributed by atoms with Crippen LogP contribution in [-0.2, 0) is 9.59 Å². The Labute approximate surface area is 116 Å². The molecule has 3 rings (SSSR count). The number of ketones is 2.